The molecule has 1 rings (SSSR count). The first-order valence-corrected chi connectivity index (χ1v) is 6.15. The number of aryl methyl sites for hydroxylation is 1. The molecule has 0 aliphatic heterocycles. The van der Waals surface area contributed by atoms with Gasteiger partial charge in [0, 0.05) is 0 Å². The largest absolute Gasteiger partial charge is 0.463 e. The van der Waals surface area contributed by atoms with Crippen molar-refractivity contribution >= 4 is 5.91 Å². The number of ether oxygens (including phenoxy) is 1. The van der Waals surface area contributed by atoms with Crippen molar-refractivity contribution in [3.63, 3.8) is 0 Å². The summed E-state index contributed by atoms with van der Waals surface area (Å²) in [6.07, 6.45) is 1.16. The van der Waals surface area contributed by atoms with Crippen LogP contribution in [-0.2, 0) is 11.3 Å². The van der Waals surface area contributed by atoms with Crippen LogP contribution >= 0.6 is 0 Å². The Morgan fingerprint density at radius 3 is 2.72 bits per heavy atom. The van der Waals surface area contributed by atoms with Gasteiger partial charge in [-0.1, -0.05) is 13.8 Å². The molecule has 0 radical (unpaired) electrons. The van der Waals surface area contributed by atoms with Crippen molar-refractivity contribution in [2.24, 2.45) is 11.8 Å². The fraction of sp³-hybridized carbons (Fsp3) is 0.615. The fourth-order valence-electron chi connectivity index (χ4n) is 1.87. The predicted molar refractivity (Wildman–Crippen MR) is 68.8 cm³/mol. The third kappa shape index (κ3) is 4.16. The van der Waals surface area contributed by atoms with E-state index in [0.29, 0.717) is 29.6 Å². The number of hydrogen-bond donors (Lipinski definition) is 2. The van der Waals surface area contributed by atoms with E-state index in [1.807, 2.05) is 6.92 Å². The second-order valence-electron chi connectivity index (χ2n) is 4.91. The second kappa shape index (κ2) is 6.56. The monoisotopic (exact) mass is 254 g/mol. The van der Waals surface area contributed by atoms with Crippen molar-refractivity contribution in [1.29, 1.82) is 0 Å². The molecule has 5 heteroatoms. The van der Waals surface area contributed by atoms with Gasteiger partial charge in [0.1, 0.15) is 18.1 Å². The van der Waals surface area contributed by atoms with Gasteiger partial charge in [-0.3, -0.25) is 10.2 Å². The number of nitrogens with two attached hydrogens (primary N) is 1. The standard InChI is InChI=1S/C13H22N2O3/c1-8(2)5-9(3)17-7-11-6-12(10(4)18-11)13(16)15-14/h6,8-9H,5,7,14H2,1-4H3,(H,15,16). The molecule has 0 spiro atoms. The van der Waals surface area contributed by atoms with E-state index >= 15 is 0 Å². The summed E-state index contributed by atoms with van der Waals surface area (Å²) in [7, 11) is 0. The highest BCUT2D eigenvalue weighted by Crippen LogP contribution is 2.17. The molecular weight excluding hydrogens is 232 g/mol. The Morgan fingerprint density at radius 2 is 2.17 bits per heavy atom. The molecule has 0 saturated heterocycles. The van der Waals surface area contributed by atoms with Gasteiger partial charge in [0.05, 0.1) is 11.7 Å². The zero-order valence-corrected chi connectivity index (χ0v) is 11.4. The summed E-state index contributed by atoms with van der Waals surface area (Å²) in [6, 6.07) is 1.67. The quantitative estimate of drug-likeness (QED) is 0.463. The minimum atomic E-state index is -0.349. The van der Waals surface area contributed by atoms with Crippen molar-refractivity contribution in [1.82, 2.24) is 5.43 Å². The highest BCUT2D eigenvalue weighted by atomic mass is 16.5. The lowest BCUT2D eigenvalue weighted by atomic mass is 10.1. The number of furan rings is 1. The van der Waals surface area contributed by atoms with E-state index < -0.39 is 0 Å². The Hall–Kier alpha value is -1.33. The summed E-state index contributed by atoms with van der Waals surface area (Å²) in [4.78, 5) is 11.4. The van der Waals surface area contributed by atoms with Crippen LogP contribution in [0, 0.1) is 12.8 Å². The molecule has 5 nitrogen and oxygen atoms in total. The van der Waals surface area contributed by atoms with E-state index in [2.05, 4.69) is 19.3 Å². The normalized spacial score (nSPS) is 12.8. The van der Waals surface area contributed by atoms with E-state index in [9.17, 15) is 4.79 Å². The van der Waals surface area contributed by atoms with Crippen LogP contribution < -0.4 is 11.3 Å². The molecule has 3 N–H and O–H groups in total. The summed E-state index contributed by atoms with van der Waals surface area (Å²) in [5.41, 5.74) is 2.54. The number of amides is 1. The highest BCUT2D eigenvalue weighted by molar-refractivity contribution is 5.94. The van der Waals surface area contributed by atoms with Crippen LogP contribution in [0.2, 0.25) is 0 Å². The molecule has 1 aromatic heterocycles. The zero-order chi connectivity index (χ0) is 13.7. The minimum Gasteiger partial charge on any atom is -0.463 e. The maximum atomic E-state index is 11.4. The molecule has 0 bridgehead atoms. The van der Waals surface area contributed by atoms with Gasteiger partial charge in [0.2, 0.25) is 0 Å². The number of hydrogen-bond acceptors (Lipinski definition) is 4. The van der Waals surface area contributed by atoms with Crippen molar-refractivity contribution in [3.8, 4) is 0 Å². The van der Waals surface area contributed by atoms with Gasteiger partial charge >= 0.3 is 0 Å². The Morgan fingerprint density at radius 1 is 1.50 bits per heavy atom. The molecule has 0 aliphatic carbocycles. The van der Waals surface area contributed by atoms with Crippen LogP contribution in [0.15, 0.2) is 10.5 Å². The van der Waals surface area contributed by atoms with Crippen LogP contribution in [-0.4, -0.2) is 12.0 Å². The van der Waals surface area contributed by atoms with Gasteiger partial charge in [0.25, 0.3) is 5.91 Å². The number of rotatable bonds is 6. The van der Waals surface area contributed by atoms with Gasteiger partial charge in [-0.2, -0.15) is 0 Å². The number of hydrazine groups is 1. The first-order chi connectivity index (χ1) is 8.43. The average molecular weight is 254 g/mol. The minimum absolute atomic E-state index is 0.169. The molecule has 0 fully saturated rings. The fourth-order valence-corrected chi connectivity index (χ4v) is 1.87. The van der Waals surface area contributed by atoms with Gasteiger partial charge in [-0.15, -0.1) is 0 Å². The lowest BCUT2D eigenvalue weighted by Crippen LogP contribution is -2.30. The van der Waals surface area contributed by atoms with E-state index in [0.717, 1.165) is 6.42 Å². The molecule has 0 aliphatic rings. The number of nitrogens with one attached hydrogen (secondary N) is 1. The first-order valence-electron chi connectivity index (χ1n) is 6.15. The third-order valence-corrected chi connectivity index (χ3v) is 2.66. The third-order valence-electron chi connectivity index (χ3n) is 2.66. The number of carbonyl (C=O) groups is 1. The summed E-state index contributed by atoms with van der Waals surface area (Å²) < 4.78 is 11.1. The summed E-state index contributed by atoms with van der Waals surface area (Å²) in [5, 5.41) is 0. The number of nitrogen functional groups attached to an aromatic ring is 1. The molecule has 1 atom stereocenters. The molecule has 1 heterocycles. The van der Waals surface area contributed by atoms with Crippen LogP contribution in [0.1, 0.15) is 49.1 Å². The Kier molecular flexibility index (Phi) is 5.37. The average Bonchev–Trinajstić information content (AvgIpc) is 2.66. The molecule has 1 unspecified atom stereocenters. The van der Waals surface area contributed by atoms with Crippen molar-refractivity contribution < 1.29 is 13.9 Å². The molecule has 102 valence electrons. The summed E-state index contributed by atoms with van der Waals surface area (Å²) >= 11 is 0. The van der Waals surface area contributed by atoms with Gasteiger partial charge < -0.3 is 9.15 Å². The maximum Gasteiger partial charge on any atom is 0.268 e. The SMILES string of the molecule is Cc1oc(COC(C)CC(C)C)cc1C(=O)NN. The van der Waals surface area contributed by atoms with Gasteiger partial charge in [-0.25, -0.2) is 5.84 Å². The molecule has 1 amide bonds. The first kappa shape index (κ1) is 14.7. The summed E-state index contributed by atoms with van der Waals surface area (Å²) in [6.45, 7) is 8.43. The van der Waals surface area contributed by atoms with Crippen molar-refractivity contribution in [2.75, 3.05) is 0 Å². The summed E-state index contributed by atoms with van der Waals surface area (Å²) in [5.74, 6) is 6.52. The van der Waals surface area contributed by atoms with Crippen LogP contribution in [0.5, 0.6) is 0 Å². The lowest BCUT2D eigenvalue weighted by molar-refractivity contribution is 0.0300. The molecule has 0 saturated carbocycles. The van der Waals surface area contributed by atoms with Crippen LogP contribution in [0.4, 0.5) is 0 Å². The zero-order valence-electron chi connectivity index (χ0n) is 11.4. The van der Waals surface area contributed by atoms with Crippen LogP contribution in [0.25, 0.3) is 0 Å². The number of carbonyl (C=O) groups excluding carboxylic acids is 1. The van der Waals surface area contributed by atoms with Crippen LogP contribution in [0.3, 0.4) is 0 Å². The topological polar surface area (TPSA) is 77.5 Å². The van der Waals surface area contributed by atoms with Gasteiger partial charge in [-0.05, 0) is 32.3 Å². The van der Waals surface area contributed by atoms with Gasteiger partial charge in [0.15, 0.2) is 0 Å². The maximum absolute atomic E-state index is 11.4. The Labute approximate surface area is 108 Å². The lowest BCUT2D eigenvalue weighted by Gasteiger charge is -2.13. The molecular formula is C13H22N2O3. The van der Waals surface area contributed by atoms with E-state index in [1.165, 1.54) is 0 Å². The van der Waals surface area contributed by atoms with E-state index in [4.69, 9.17) is 15.0 Å². The predicted octanol–water partition coefficient (Wildman–Crippen LogP) is 2.14. The molecule has 1 aromatic rings. The highest BCUT2D eigenvalue weighted by Gasteiger charge is 2.14. The van der Waals surface area contributed by atoms with E-state index in [1.54, 1.807) is 13.0 Å². The smallest absolute Gasteiger partial charge is 0.268 e. The Balaban J connectivity index is 2.56. The molecule has 18 heavy (non-hydrogen) atoms. The van der Waals surface area contributed by atoms with E-state index in [-0.39, 0.29) is 12.0 Å². The van der Waals surface area contributed by atoms with Crippen molar-refractivity contribution in [3.05, 3.63) is 23.2 Å². The molecule has 0 aromatic carbocycles. The Bertz CT molecular complexity index is 399. The van der Waals surface area contributed by atoms with Crippen molar-refractivity contribution in [2.45, 2.75) is 46.8 Å². The second-order valence-corrected chi connectivity index (χ2v) is 4.91.